The van der Waals surface area contributed by atoms with Gasteiger partial charge in [0.2, 0.25) is 0 Å². The minimum Gasteiger partial charge on any atom is -0.333 e. The topological polar surface area (TPSA) is 52.7 Å². The number of carbonyl (C=O) groups is 2. The van der Waals surface area contributed by atoms with E-state index in [0.717, 1.165) is 29.8 Å². The highest BCUT2D eigenvalue weighted by atomic mass is 16.2. The summed E-state index contributed by atoms with van der Waals surface area (Å²) in [6.45, 7) is 7.58. The maximum atomic E-state index is 12.9. The molecule has 1 atom stereocenters. The minimum atomic E-state index is -0.360. The molecule has 2 aliphatic heterocycles. The summed E-state index contributed by atoms with van der Waals surface area (Å²) in [7, 11) is 1.73. The molecule has 0 bridgehead atoms. The van der Waals surface area contributed by atoms with Crippen molar-refractivity contribution in [3.05, 3.63) is 46.7 Å². The van der Waals surface area contributed by atoms with Crippen molar-refractivity contribution < 1.29 is 9.59 Å². The second kappa shape index (κ2) is 6.30. The summed E-state index contributed by atoms with van der Waals surface area (Å²) in [5.41, 5.74) is 3.65. The van der Waals surface area contributed by atoms with Crippen LogP contribution in [0, 0.1) is 12.8 Å². The number of rotatable bonds is 4. The molecule has 1 N–H and O–H groups in total. The number of carbonyl (C=O) groups excluding carboxylic acids is 2. The number of urea groups is 1. The van der Waals surface area contributed by atoms with Gasteiger partial charge in [0.05, 0.1) is 23.9 Å². The first-order valence-electron chi connectivity index (χ1n) is 8.51. The fourth-order valence-corrected chi connectivity index (χ4v) is 3.23. The highest BCUT2D eigenvalue weighted by Crippen LogP contribution is 2.35. The Bertz CT molecular complexity index is 691. The van der Waals surface area contributed by atoms with Crippen molar-refractivity contribution in [2.45, 2.75) is 33.2 Å². The molecule has 3 amide bonds. The zero-order valence-corrected chi connectivity index (χ0v) is 14.8. The fraction of sp³-hybridized carbons (Fsp3) is 0.474. The highest BCUT2D eigenvalue weighted by Gasteiger charge is 2.42. The number of likely N-dealkylation sites (N-methyl/N-ethyl adjacent to an activating group) is 1. The first-order valence-corrected chi connectivity index (χ1v) is 8.51. The van der Waals surface area contributed by atoms with E-state index in [1.54, 1.807) is 11.9 Å². The Labute approximate surface area is 143 Å². The Hall–Kier alpha value is -2.30. The maximum absolute atomic E-state index is 12.9. The normalized spacial score (nSPS) is 20.8. The Balaban J connectivity index is 1.92. The molecule has 1 aromatic carbocycles. The monoisotopic (exact) mass is 327 g/mol. The van der Waals surface area contributed by atoms with Gasteiger partial charge in [0.15, 0.2) is 0 Å². The van der Waals surface area contributed by atoms with Crippen molar-refractivity contribution >= 4 is 11.9 Å². The van der Waals surface area contributed by atoms with E-state index in [4.69, 9.17) is 0 Å². The quantitative estimate of drug-likeness (QED) is 0.924. The van der Waals surface area contributed by atoms with Gasteiger partial charge in [-0.2, -0.15) is 0 Å². The molecule has 0 radical (unpaired) electrons. The van der Waals surface area contributed by atoms with E-state index in [9.17, 15) is 9.59 Å². The molecule has 0 spiro atoms. The van der Waals surface area contributed by atoms with Gasteiger partial charge in [-0.05, 0) is 24.8 Å². The van der Waals surface area contributed by atoms with Crippen LogP contribution in [0.1, 0.15) is 37.4 Å². The molecular weight excluding hydrogens is 302 g/mol. The lowest BCUT2D eigenvalue weighted by molar-refractivity contribution is -0.125. The van der Waals surface area contributed by atoms with Gasteiger partial charge in [-0.3, -0.25) is 9.69 Å². The third-order valence-corrected chi connectivity index (χ3v) is 4.82. The van der Waals surface area contributed by atoms with Crippen LogP contribution in [0.15, 0.2) is 35.5 Å². The number of nitrogens with zero attached hydrogens (tertiary/aromatic N) is 2. The molecule has 3 rings (SSSR count). The summed E-state index contributed by atoms with van der Waals surface area (Å²) in [4.78, 5) is 28.7. The lowest BCUT2D eigenvalue weighted by Gasteiger charge is -2.31. The number of benzene rings is 1. The number of hydrogen-bond acceptors (Lipinski definition) is 2. The van der Waals surface area contributed by atoms with Gasteiger partial charge in [0, 0.05) is 13.6 Å². The van der Waals surface area contributed by atoms with Crippen molar-refractivity contribution in [1.29, 1.82) is 0 Å². The van der Waals surface area contributed by atoms with Crippen LogP contribution in [-0.2, 0) is 4.79 Å². The largest absolute Gasteiger partial charge is 0.333 e. The van der Waals surface area contributed by atoms with Gasteiger partial charge in [0.25, 0.3) is 5.91 Å². The van der Waals surface area contributed by atoms with Crippen molar-refractivity contribution in [1.82, 2.24) is 15.1 Å². The molecule has 0 aromatic heterocycles. The molecule has 0 saturated heterocycles. The lowest BCUT2D eigenvalue weighted by atomic mass is 9.95. The summed E-state index contributed by atoms with van der Waals surface area (Å²) in [5, 5.41) is 2.97. The smallest absolute Gasteiger partial charge is 0.322 e. The molecule has 5 heteroatoms. The van der Waals surface area contributed by atoms with E-state index >= 15 is 0 Å². The van der Waals surface area contributed by atoms with E-state index < -0.39 is 0 Å². The van der Waals surface area contributed by atoms with Gasteiger partial charge in [-0.25, -0.2) is 4.79 Å². The van der Waals surface area contributed by atoms with E-state index in [0.29, 0.717) is 18.0 Å². The Morgan fingerprint density at radius 2 is 1.88 bits per heavy atom. The first kappa shape index (κ1) is 16.6. The van der Waals surface area contributed by atoms with Crippen molar-refractivity contribution in [2.75, 3.05) is 20.1 Å². The summed E-state index contributed by atoms with van der Waals surface area (Å²) in [5.74, 6) is 0.587. The predicted molar refractivity (Wildman–Crippen MR) is 93.3 cm³/mol. The van der Waals surface area contributed by atoms with Crippen molar-refractivity contribution in [3.8, 4) is 0 Å². The first-order chi connectivity index (χ1) is 11.4. The number of hydrogen-bond donors (Lipinski definition) is 1. The minimum absolute atomic E-state index is 0.0445. The molecule has 2 aliphatic rings. The average Bonchev–Trinajstić information content (AvgIpc) is 2.87. The standard InChI is InChI=1S/C19H25N3O2/c1-12(2)9-10-22-11-15-16(18(22)23)17(20-19(24)21(15)4)14-7-5-13(3)6-8-14/h5-8,12,17H,9-11H2,1-4H3,(H,20,24)/t17-/m0/s1. The molecule has 0 saturated carbocycles. The maximum Gasteiger partial charge on any atom is 0.322 e. The molecule has 0 unspecified atom stereocenters. The molecule has 128 valence electrons. The van der Waals surface area contributed by atoms with Crippen LogP contribution in [0.3, 0.4) is 0 Å². The van der Waals surface area contributed by atoms with Gasteiger partial charge < -0.3 is 10.2 Å². The van der Waals surface area contributed by atoms with E-state index in [-0.39, 0.29) is 18.0 Å². The Morgan fingerprint density at radius 3 is 2.50 bits per heavy atom. The summed E-state index contributed by atoms with van der Waals surface area (Å²) < 4.78 is 0. The van der Waals surface area contributed by atoms with Crippen LogP contribution < -0.4 is 5.32 Å². The van der Waals surface area contributed by atoms with E-state index in [1.165, 1.54) is 0 Å². The molecule has 1 aromatic rings. The molecule has 2 heterocycles. The molecular formula is C19H25N3O2. The second-order valence-corrected chi connectivity index (χ2v) is 7.12. The van der Waals surface area contributed by atoms with Gasteiger partial charge in [0.1, 0.15) is 0 Å². The fourth-order valence-electron chi connectivity index (χ4n) is 3.23. The number of nitrogens with one attached hydrogen (secondary N) is 1. The Morgan fingerprint density at radius 1 is 1.21 bits per heavy atom. The molecule has 5 nitrogen and oxygen atoms in total. The molecule has 0 aliphatic carbocycles. The highest BCUT2D eigenvalue weighted by molar-refractivity contribution is 6.01. The summed E-state index contributed by atoms with van der Waals surface area (Å²) in [6, 6.07) is 7.48. The van der Waals surface area contributed by atoms with Crippen molar-refractivity contribution in [3.63, 3.8) is 0 Å². The van der Waals surface area contributed by atoms with Gasteiger partial charge in [-0.1, -0.05) is 43.7 Å². The zero-order valence-electron chi connectivity index (χ0n) is 14.8. The SMILES string of the molecule is Cc1ccc([C@@H]2NC(=O)N(C)C3=C2C(=O)N(CCC(C)C)C3)cc1. The Kier molecular flexibility index (Phi) is 4.35. The van der Waals surface area contributed by atoms with Crippen LogP contribution in [0.5, 0.6) is 0 Å². The van der Waals surface area contributed by atoms with E-state index in [2.05, 4.69) is 19.2 Å². The third-order valence-electron chi connectivity index (χ3n) is 4.82. The van der Waals surface area contributed by atoms with Crippen LogP contribution in [-0.4, -0.2) is 41.9 Å². The molecule has 24 heavy (non-hydrogen) atoms. The van der Waals surface area contributed by atoms with Crippen LogP contribution in [0.4, 0.5) is 4.79 Å². The zero-order chi connectivity index (χ0) is 17.4. The van der Waals surface area contributed by atoms with Crippen LogP contribution in [0.2, 0.25) is 0 Å². The second-order valence-electron chi connectivity index (χ2n) is 7.12. The van der Waals surface area contributed by atoms with Gasteiger partial charge in [-0.15, -0.1) is 0 Å². The number of amides is 3. The van der Waals surface area contributed by atoms with Crippen molar-refractivity contribution in [2.24, 2.45) is 5.92 Å². The summed E-state index contributed by atoms with van der Waals surface area (Å²) >= 11 is 0. The number of aryl methyl sites for hydroxylation is 1. The molecule has 0 fully saturated rings. The summed E-state index contributed by atoms with van der Waals surface area (Å²) in [6.07, 6.45) is 0.965. The third kappa shape index (κ3) is 2.90. The van der Waals surface area contributed by atoms with Crippen LogP contribution >= 0.6 is 0 Å². The van der Waals surface area contributed by atoms with Crippen LogP contribution in [0.25, 0.3) is 0 Å². The predicted octanol–water partition coefficient (Wildman–Crippen LogP) is 2.83. The van der Waals surface area contributed by atoms with E-state index in [1.807, 2.05) is 36.1 Å². The average molecular weight is 327 g/mol. The lowest BCUT2D eigenvalue weighted by Crippen LogP contribution is -2.45. The van der Waals surface area contributed by atoms with Gasteiger partial charge >= 0.3 is 6.03 Å².